The molecule has 2 N–H and O–H groups in total. The summed E-state index contributed by atoms with van der Waals surface area (Å²) in [6.45, 7) is 1.38. The third kappa shape index (κ3) is 3.72. The molecule has 1 atom stereocenters. The van der Waals surface area contributed by atoms with Crippen LogP contribution in [0.25, 0.3) is 0 Å². The Kier molecular flexibility index (Phi) is 4.75. The molecule has 1 aromatic carbocycles. The van der Waals surface area contributed by atoms with E-state index in [0.29, 0.717) is 0 Å². The van der Waals surface area contributed by atoms with Crippen molar-refractivity contribution in [3.63, 3.8) is 0 Å². The minimum absolute atomic E-state index is 0.107. The van der Waals surface area contributed by atoms with Crippen LogP contribution in [-0.2, 0) is 11.0 Å². The molecular weight excluding hydrogens is 271 g/mol. The molecule has 0 spiro atoms. The molecule has 0 aliphatic rings. The average Bonchev–Trinajstić information content (AvgIpc) is 2.36. The highest BCUT2D eigenvalue weighted by molar-refractivity contribution is 5.98. The van der Waals surface area contributed by atoms with Crippen LogP contribution in [0.5, 0.6) is 0 Å². The Morgan fingerprint density at radius 3 is 2.35 bits per heavy atom. The number of carbonyl (C=O) groups excluding carboxylic acids is 1. The second kappa shape index (κ2) is 5.94. The fourth-order valence-electron chi connectivity index (χ4n) is 1.61. The number of rotatable bonds is 2. The smallest absolute Gasteiger partial charge is 0.349 e. The predicted molar refractivity (Wildman–Crippen MR) is 69.4 cm³/mol. The number of benzene rings is 1. The summed E-state index contributed by atoms with van der Waals surface area (Å²) >= 11 is 0. The average molecular weight is 287 g/mol. The van der Waals surface area contributed by atoms with Gasteiger partial charge in [0.1, 0.15) is 0 Å². The highest BCUT2D eigenvalue weighted by Crippen LogP contribution is 2.35. The summed E-state index contributed by atoms with van der Waals surface area (Å²) in [5, 5.41) is 9.74. The van der Waals surface area contributed by atoms with Crippen LogP contribution in [0.1, 0.15) is 24.0 Å². The molecule has 20 heavy (non-hydrogen) atoms. The number of amides is 1. The second-order valence-corrected chi connectivity index (χ2v) is 4.54. The van der Waals surface area contributed by atoms with Gasteiger partial charge >= 0.3 is 6.18 Å². The largest absolute Gasteiger partial charge is 0.416 e. The van der Waals surface area contributed by atoms with E-state index in [9.17, 15) is 18.0 Å². The number of nitrogens with zero attached hydrogens (tertiary/aromatic N) is 1. The van der Waals surface area contributed by atoms with E-state index in [-0.39, 0.29) is 11.5 Å². The van der Waals surface area contributed by atoms with Crippen LogP contribution in [0.4, 0.5) is 13.2 Å². The number of guanidine groups is 1. The van der Waals surface area contributed by atoms with Crippen LogP contribution in [0.15, 0.2) is 24.3 Å². The van der Waals surface area contributed by atoms with E-state index in [1.54, 1.807) is 14.1 Å². The van der Waals surface area contributed by atoms with Gasteiger partial charge in [-0.25, -0.2) is 0 Å². The van der Waals surface area contributed by atoms with Crippen molar-refractivity contribution < 1.29 is 18.0 Å². The molecule has 0 aliphatic carbocycles. The van der Waals surface area contributed by atoms with Gasteiger partial charge in [-0.15, -0.1) is 0 Å². The lowest BCUT2D eigenvalue weighted by atomic mass is 9.94. The first-order valence-corrected chi connectivity index (χ1v) is 5.87. The molecule has 1 unspecified atom stereocenters. The first-order valence-electron chi connectivity index (χ1n) is 5.87. The van der Waals surface area contributed by atoms with Gasteiger partial charge in [0.15, 0.2) is 5.96 Å². The highest BCUT2D eigenvalue weighted by Gasteiger charge is 2.35. The zero-order chi connectivity index (χ0) is 15.5. The maximum atomic E-state index is 12.9. The van der Waals surface area contributed by atoms with Crippen molar-refractivity contribution in [3.05, 3.63) is 35.4 Å². The molecule has 7 heteroatoms. The molecule has 0 bridgehead atoms. The van der Waals surface area contributed by atoms with Crippen LogP contribution in [-0.4, -0.2) is 30.9 Å². The quantitative estimate of drug-likeness (QED) is 0.648. The van der Waals surface area contributed by atoms with E-state index in [2.05, 4.69) is 5.32 Å². The van der Waals surface area contributed by atoms with Crippen LogP contribution >= 0.6 is 0 Å². The molecule has 1 amide bonds. The predicted octanol–water partition coefficient (Wildman–Crippen LogP) is 2.42. The SMILES string of the molecule is CC(C(=O)NC(=N)N(C)C)c1ccccc1C(F)(F)F. The molecule has 0 aliphatic heterocycles. The lowest BCUT2D eigenvalue weighted by Gasteiger charge is -2.20. The fourth-order valence-corrected chi connectivity index (χ4v) is 1.61. The summed E-state index contributed by atoms with van der Waals surface area (Å²) in [5.74, 6) is -1.83. The van der Waals surface area contributed by atoms with Crippen molar-refractivity contribution in [3.8, 4) is 0 Å². The lowest BCUT2D eigenvalue weighted by Crippen LogP contribution is -2.41. The van der Waals surface area contributed by atoms with Crippen molar-refractivity contribution in [1.29, 1.82) is 5.41 Å². The molecule has 0 fully saturated rings. The van der Waals surface area contributed by atoms with E-state index >= 15 is 0 Å². The van der Waals surface area contributed by atoms with Gasteiger partial charge in [-0.3, -0.25) is 15.5 Å². The van der Waals surface area contributed by atoms with Crippen LogP contribution in [0.3, 0.4) is 0 Å². The van der Waals surface area contributed by atoms with E-state index in [1.165, 1.54) is 30.0 Å². The number of carbonyl (C=O) groups is 1. The number of nitrogens with one attached hydrogen (secondary N) is 2. The Labute approximate surface area is 115 Å². The van der Waals surface area contributed by atoms with Gasteiger partial charge in [-0.05, 0) is 18.6 Å². The molecule has 110 valence electrons. The van der Waals surface area contributed by atoms with Gasteiger partial charge in [0.25, 0.3) is 0 Å². The lowest BCUT2D eigenvalue weighted by molar-refractivity contribution is -0.138. The fraction of sp³-hybridized carbons (Fsp3) is 0.385. The minimum atomic E-state index is -4.51. The number of halogens is 3. The monoisotopic (exact) mass is 287 g/mol. The zero-order valence-corrected chi connectivity index (χ0v) is 11.4. The molecule has 0 radical (unpaired) electrons. The molecule has 0 aromatic heterocycles. The van der Waals surface area contributed by atoms with Crippen molar-refractivity contribution >= 4 is 11.9 Å². The van der Waals surface area contributed by atoms with Crippen molar-refractivity contribution in [2.45, 2.75) is 19.0 Å². The maximum absolute atomic E-state index is 12.9. The molecule has 0 saturated carbocycles. The number of hydrogen-bond donors (Lipinski definition) is 2. The number of alkyl halides is 3. The maximum Gasteiger partial charge on any atom is 0.416 e. The minimum Gasteiger partial charge on any atom is -0.349 e. The summed E-state index contributed by atoms with van der Waals surface area (Å²) in [7, 11) is 3.11. The molecule has 0 heterocycles. The van der Waals surface area contributed by atoms with Gasteiger partial charge in [0.2, 0.25) is 5.91 Å². The third-order valence-electron chi connectivity index (χ3n) is 2.81. The molecular formula is C13H16F3N3O. The van der Waals surface area contributed by atoms with E-state index in [0.717, 1.165) is 6.07 Å². The van der Waals surface area contributed by atoms with Crippen molar-refractivity contribution in [2.75, 3.05) is 14.1 Å². The van der Waals surface area contributed by atoms with Crippen molar-refractivity contribution in [1.82, 2.24) is 10.2 Å². The zero-order valence-electron chi connectivity index (χ0n) is 11.4. The normalized spacial score (nSPS) is 12.7. The van der Waals surface area contributed by atoms with Gasteiger partial charge in [0, 0.05) is 14.1 Å². The van der Waals surface area contributed by atoms with E-state index < -0.39 is 23.6 Å². The number of hydrogen-bond acceptors (Lipinski definition) is 2. The molecule has 1 rings (SSSR count). The van der Waals surface area contributed by atoms with E-state index in [4.69, 9.17) is 5.41 Å². The van der Waals surface area contributed by atoms with Crippen molar-refractivity contribution in [2.24, 2.45) is 0 Å². The Morgan fingerprint density at radius 2 is 1.85 bits per heavy atom. The van der Waals surface area contributed by atoms with E-state index in [1.807, 2.05) is 0 Å². The Bertz CT molecular complexity index is 512. The summed E-state index contributed by atoms with van der Waals surface area (Å²) in [6.07, 6.45) is -4.51. The molecule has 1 aromatic rings. The second-order valence-electron chi connectivity index (χ2n) is 4.54. The van der Waals surface area contributed by atoms with Crippen LogP contribution < -0.4 is 5.32 Å². The molecule has 0 saturated heterocycles. The Hall–Kier alpha value is -2.05. The van der Waals surface area contributed by atoms with Crippen LogP contribution in [0.2, 0.25) is 0 Å². The summed E-state index contributed by atoms with van der Waals surface area (Å²) in [4.78, 5) is 13.2. The topological polar surface area (TPSA) is 56.2 Å². The van der Waals surface area contributed by atoms with Crippen LogP contribution in [0, 0.1) is 5.41 Å². The Balaban J connectivity index is 3.01. The molecule has 4 nitrogen and oxygen atoms in total. The van der Waals surface area contributed by atoms with Gasteiger partial charge in [0.05, 0.1) is 11.5 Å². The first-order chi connectivity index (χ1) is 9.14. The highest BCUT2D eigenvalue weighted by atomic mass is 19.4. The third-order valence-corrected chi connectivity index (χ3v) is 2.81. The summed E-state index contributed by atoms with van der Waals surface area (Å²) in [6, 6.07) is 4.94. The van der Waals surface area contributed by atoms with Gasteiger partial charge in [-0.1, -0.05) is 18.2 Å². The Morgan fingerprint density at radius 1 is 1.30 bits per heavy atom. The van der Waals surface area contributed by atoms with Gasteiger partial charge in [-0.2, -0.15) is 13.2 Å². The first kappa shape index (κ1) is 16.0. The summed E-state index contributed by atoms with van der Waals surface area (Å²) in [5.41, 5.74) is -0.942. The summed E-state index contributed by atoms with van der Waals surface area (Å²) < 4.78 is 38.6. The standard InChI is InChI=1S/C13H16F3N3O/c1-8(11(20)18-12(17)19(2)3)9-6-4-5-7-10(9)13(14,15)16/h4-8H,1-3H3,(H2,17,18,20). The van der Waals surface area contributed by atoms with Gasteiger partial charge < -0.3 is 4.90 Å².